The van der Waals surface area contributed by atoms with Crippen molar-refractivity contribution < 1.29 is 17.6 Å². The molecule has 5 nitrogen and oxygen atoms in total. The van der Waals surface area contributed by atoms with E-state index >= 15 is 0 Å². The summed E-state index contributed by atoms with van der Waals surface area (Å²) in [5.74, 6) is -1.17. The summed E-state index contributed by atoms with van der Waals surface area (Å²) in [6.45, 7) is 1.24. The molecule has 1 amide bonds. The van der Waals surface area contributed by atoms with Crippen LogP contribution in [0.2, 0.25) is 0 Å². The van der Waals surface area contributed by atoms with Gasteiger partial charge in [0.05, 0.1) is 10.5 Å². The zero-order chi connectivity index (χ0) is 16.4. The van der Waals surface area contributed by atoms with E-state index in [4.69, 9.17) is 0 Å². The zero-order valence-corrected chi connectivity index (χ0v) is 13.5. The van der Waals surface area contributed by atoms with Crippen LogP contribution in [0.15, 0.2) is 35.2 Å². The van der Waals surface area contributed by atoms with Crippen molar-refractivity contribution >= 4 is 15.9 Å². The van der Waals surface area contributed by atoms with Crippen LogP contribution >= 0.6 is 0 Å². The Balaban J connectivity index is 1.79. The number of nitrogens with one attached hydrogen (secondary N) is 1. The molecular formula is C16H19FN2O3S. The first kappa shape index (κ1) is 16.1. The van der Waals surface area contributed by atoms with Crippen molar-refractivity contribution in [1.29, 1.82) is 0 Å². The van der Waals surface area contributed by atoms with Crippen molar-refractivity contribution in [1.82, 2.24) is 9.62 Å². The van der Waals surface area contributed by atoms with E-state index in [2.05, 4.69) is 4.72 Å². The largest absolute Gasteiger partial charge is 0.339 e. The zero-order valence-electron chi connectivity index (χ0n) is 12.7. The van der Waals surface area contributed by atoms with Gasteiger partial charge in [0, 0.05) is 19.1 Å². The fourth-order valence-corrected chi connectivity index (χ4v) is 4.20. The third kappa shape index (κ3) is 3.45. The number of sulfonamides is 1. The number of carbonyl (C=O) groups excluding carboxylic acids is 1. The summed E-state index contributed by atoms with van der Waals surface area (Å²) >= 11 is 0. The van der Waals surface area contributed by atoms with Gasteiger partial charge in [0.1, 0.15) is 5.82 Å². The molecule has 1 aromatic carbocycles. The molecule has 0 saturated carbocycles. The van der Waals surface area contributed by atoms with Gasteiger partial charge in [0.2, 0.25) is 10.0 Å². The lowest BCUT2D eigenvalue weighted by Gasteiger charge is -2.16. The number of nitrogens with zero attached hydrogens (tertiary/aromatic N) is 1. The van der Waals surface area contributed by atoms with Gasteiger partial charge in [-0.15, -0.1) is 0 Å². The lowest BCUT2D eigenvalue weighted by Crippen LogP contribution is -2.33. The summed E-state index contributed by atoms with van der Waals surface area (Å²) in [5, 5.41) is 0. The van der Waals surface area contributed by atoms with Crippen LogP contribution in [0.3, 0.4) is 0 Å². The second kappa shape index (κ2) is 6.41. The average molecular weight is 338 g/mol. The van der Waals surface area contributed by atoms with Crippen molar-refractivity contribution in [2.75, 3.05) is 13.1 Å². The molecule has 1 aliphatic heterocycles. The molecule has 2 aliphatic rings. The summed E-state index contributed by atoms with van der Waals surface area (Å²) in [4.78, 5) is 13.7. The fourth-order valence-electron chi connectivity index (χ4n) is 2.93. The van der Waals surface area contributed by atoms with E-state index in [9.17, 15) is 17.6 Å². The van der Waals surface area contributed by atoms with Gasteiger partial charge in [-0.05, 0) is 43.9 Å². The number of hydrogen-bond acceptors (Lipinski definition) is 3. The van der Waals surface area contributed by atoms with Crippen molar-refractivity contribution in [3.05, 3.63) is 41.7 Å². The number of hydrogen-bond donors (Lipinski definition) is 1. The van der Waals surface area contributed by atoms with E-state index in [1.54, 1.807) is 4.90 Å². The highest BCUT2D eigenvalue weighted by atomic mass is 32.2. The second-order valence-corrected chi connectivity index (χ2v) is 7.62. The van der Waals surface area contributed by atoms with Crippen LogP contribution in [0.25, 0.3) is 0 Å². The molecule has 0 radical (unpaired) electrons. The molecule has 1 heterocycles. The molecule has 3 rings (SSSR count). The highest BCUT2D eigenvalue weighted by molar-refractivity contribution is 7.89. The maximum atomic E-state index is 14.2. The van der Waals surface area contributed by atoms with Gasteiger partial charge in [0.15, 0.2) is 0 Å². The monoisotopic (exact) mass is 338 g/mol. The summed E-state index contributed by atoms with van der Waals surface area (Å²) < 4.78 is 41.3. The molecule has 1 fully saturated rings. The second-order valence-electron chi connectivity index (χ2n) is 5.90. The van der Waals surface area contributed by atoms with E-state index in [0.29, 0.717) is 25.9 Å². The quantitative estimate of drug-likeness (QED) is 0.855. The summed E-state index contributed by atoms with van der Waals surface area (Å²) in [5.41, 5.74) is -0.0756. The topological polar surface area (TPSA) is 66.5 Å². The number of benzene rings is 1. The summed E-state index contributed by atoms with van der Waals surface area (Å²) in [6.07, 6.45) is 6.91. The van der Waals surface area contributed by atoms with Gasteiger partial charge in [-0.1, -0.05) is 12.2 Å². The molecule has 1 N–H and O–H groups in total. The third-order valence-electron chi connectivity index (χ3n) is 4.20. The number of amides is 1. The first-order chi connectivity index (χ1) is 11.0. The molecule has 0 unspecified atom stereocenters. The molecule has 7 heteroatoms. The van der Waals surface area contributed by atoms with E-state index < -0.39 is 15.8 Å². The first-order valence-electron chi connectivity index (χ1n) is 7.73. The number of carbonyl (C=O) groups is 1. The maximum absolute atomic E-state index is 14.2. The van der Waals surface area contributed by atoms with Crippen LogP contribution in [-0.2, 0) is 10.0 Å². The molecular weight excluding hydrogens is 319 g/mol. The molecule has 0 spiro atoms. The van der Waals surface area contributed by atoms with Gasteiger partial charge in [0.25, 0.3) is 5.91 Å². The van der Waals surface area contributed by atoms with Crippen molar-refractivity contribution in [3.8, 4) is 0 Å². The average Bonchev–Trinajstić information content (AvgIpc) is 3.19. The lowest BCUT2D eigenvalue weighted by atomic mass is 10.2. The van der Waals surface area contributed by atoms with Crippen LogP contribution in [0.5, 0.6) is 0 Å². The molecule has 124 valence electrons. The Labute approximate surface area is 135 Å². The van der Waals surface area contributed by atoms with Crippen LogP contribution in [0.1, 0.15) is 36.0 Å². The molecule has 1 aliphatic carbocycles. The number of likely N-dealkylation sites (tertiary alicyclic amines) is 1. The van der Waals surface area contributed by atoms with Crippen LogP contribution in [0, 0.1) is 5.82 Å². The van der Waals surface area contributed by atoms with Crippen molar-refractivity contribution in [3.63, 3.8) is 0 Å². The minimum Gasteiger partial charge on any atom is -0.339 e. The smallest absolute Gasteiger partial charge is 0.256 e. The molecule has 1 saturated heterocycles. The van der Waals surface area contributed by atoms with Gasteiger partial charge >= 0.3 is 0 Å². The summed E-state index contributed by atoms with van der Waals surface area (Å²) in [7, 11) is -3.78. The van der Waals surface area contributed by atoms with Crippen LogP contribution < -0.4 is 4.72 Å². The Morgan fingerprint density at radius 1 is 1.17 bits per heavy atom. The molecule has 0 atom stereocenters. The predicted octanol–water partition coefficient (Wildman–Crippen LogP) is 2.06. The Hall–Kier alpha value is -1.73. The Morgan fingerprint density at radius 3 is 2.43 bits per heavy atom. The maximum Gasteiger partial charge on any atom is 0.256 e. The highest BCUT2D eigenvalue weighted by Gasteiger charge is 2.25. The molecule has 1 aromatic rings. The van der Waals surface area contributed by atoms with Gasteiger partial charge < -0.3 is 4.90 Å². The number of halogens is 1. The number of rotatable bonds is 4. The predicted molar refractivity (Wildman–Crippen MR) is 84.0 cm³/mol. The highest BCUT2D eigenvalue weighted by Crippen LogP contribution is 2.20. The molecule has 23 heavy (non-hydrogen) atoms. The first-order valence-corrected chi connectivity index (χ1v) is 9.22. The van der Waals surface area contributed by atoms with Gasteiger partial charge in [-0.3, -0.25) is 4.79 Å². The van der Waals surface area contributed by atoms with Crippen LogP contribution in [0.4, 0.5) is 4.39 Å². The summed E-state index contributed by atoms with van der Waals surface area (Å²) in [6, 6.07) is 3.29. The fraction of sp³-hybridized carbons (Fsp3) is 0.438. The van der Waals surface area contributed by atoms with Crippen molar-refractivity contribution in [2.45, 2.75) is 36.6 Å². The molecule has 0 aromatic heterocycles. The Kier molecular flexibility index (Phi) is 4.50. The van der Waals surface area contributed by atoms with E-state index in [1.807, 2.05) is 12.2 Å². The van der Waals surface area contributed by atoms with Gasteiger partial charge in [-0.25, -0.2) is 17.5 Å². The molecule has 0 bridgehead atoms. The lowest BCUT2D eigenvalue weighted by molar-refractivity contribution is 0.0788. The normalized spacial score (nSPS) is 18.7. The SMILES string of the molecule is O=C(c1ccc(S(=O)(=O)NC2CC=CC2)cc1F)N1CCCC1. The van der Waals surface area contributed by atoms with E-state index in [-0.39, 0.29) is 22.4 Å². The Bertz CT molecular complexity index is 732. The van der Waals surface area contributed by atoms with E-state index in [0.717, 1.165) is 18.9 Å². The minimum absolute atomic E-state index is 0.0756. The van der Waals surface area contributed by atoms with Crippen LogP contribution in [-0.4, -0.2) is 38.4 Å². The third-order valence-corrected chi connectivity index (χ3v) is 5.72. The standard InChI is InChI=1S/C16H19FN2O3S/c17-15-11-13(23(21,22)18-12-5-1-2-6-12)7-8-14(15)16(20)19-9-3-4-10-19/h1-2,7-8,11-12,18H,3-6,9-10H2. The Morgan fingerprint density at radius 2 is 1.83 bits per heavy atom. The van der Waals surface area contributed by atoms with E-state index in [1.165, 1.54) is 12.1 Å². The van der Waals surface area contributed by atoms with Crippen molar-refractivity contribution in [2.24, 2.45) is 0 Å². The van der Waals surface area contributed by atoms with Gasteiger partial charge in [-0.2, -0.15) is 0 Å². The minimum atomic E-state index is -3.78.